The van der Waals surface area contributed by atoms with Crippen LogP contribution in [0.15, 0.2) is 34.1 Å². The van der Waals surface area contributed by atoms with Crippen LogP contribution in [-0.2, 0) is 6.61 Å². The molecule has 84 valence electrons. The number of aryl methyl sites for hydroxylation is 1. The second-order valence-corrected chi connectivity index (χ2v) is 5.36. The Bertz CT molecular complexity index is 496. The molecule has 0 unspecified atom stereocenters. The molecule has 2 aromatic rings. The Hall–Kier alpha value is -1.00. The molecule has 2 N–H and O–H groups in total. The average molecular weight is 298 g/mol. The number of ether oxygens (including phenoxy) is 1. The summed E-state index contributed by atoms with van der Waals surface area (Å²) in [6.07, 6.45) is 0. The molecule has 0 amide bonds. The molecule has 0 bridgehead atoms. The number of rotatable bonds is 3. The van der Waals surface area contributed by atoms with Crippen molar-refractivity contribution in [3.8, 4) is 5.75 Å². The molecule has 4 heteroatoms. The Morgan fingerprint density at radius 2 is 2.19 bits per heavy atom. The normalized spacial score (nSPS) is 10.4. The minimum Gasteiger partial charge on any atom is -0.488 e. The third-order valence-electron chi connectivity index (χ3n) is 2.25. The molecule has 1 heterocycles. The van der Waals surface area contributed by atoms with E-state index in [1.54, 1.807) is 11.3 Å². The van der Waals surface area contributed by atoms with E-state index in [4.69, 9.17) is 10.5 Å². The smallest absolute Gasteiger partial charge is 0.124 e. The number of nitrogens with two attached hydrogens (primary N) is 1. The highest BCUT2D eigenvalue weighted by Gasteiger charge is 2.04. The highest BCUT2D eigenvalue weighted by atomic mass is 79.9. The zero-order valence-corrected chi connectivity index (χ0v) is 11.3. The average Bonchev–Trinajstić information content (AvgIpc) is 2.63. The molecule has 0 aliphatic rings. The second-order valence-electron chi connectivity index (χ2n) is 3.51. The highest BCUT2D eigenvalue weighted by molar-refractivity contribution is 9.10. The van der Waals surface area contributed by atoms with Crippen LogP contribution in [0.4, 0.5) is 5.69 Å². The van der Waals surface area contributed by atoms with Crippen LogP contribution < -0.4 is 10.5 Å². The molecule has 0 radical (unpaired) electrons. The molecule has 2 rings (SSSR count). The van der Waals surface area contributed by atoms with Crippen molar-refractivity contribution in [2.75, 3.05) is 5.73 Å². The Kier molecular flexibility index (Phi) is 3.51. The molecule has 0 saturated carbocycles. The van der Waals surface area contributed by atoms with Gasteiger partial charge >= 0.3 is 0 Å². The van der Waals surface area contributed by atoms with E-state index in [1.807, 2.05) is 36.6 Å². The van der Waals surface area contributed by atoms with Crippen molar-refractivity contribution in [3.63, 3.8) is 0 Å². The van der Waals surface area contributed by atoms with Crippen molar-refractivity contribution in [3.05, 3.63) is 44.6 Å². The molecule has 0 atom stereocenters. The van der Waals surface area contributed by atoms with E-state index in [-0.39, 0.29) is 0 Å². The van der Waals surface area contributed by atoms with Crippen molar-refractivity contribution >= 4 is 33.0 Å². The van der Waals surface area contributed by atoms with E-state index >= 15 is 0 Å². The quantitative estimate of drug-likeness (QED) is 0.870. The lowest BCUT2D eigenvalue weighted by Crippen LogP contribution is -1.96. The number of hydrogen-bond acceptors (Lipinski definition) is 3. The van der Waals surface area contributed by atoms with E-state index < -0.39 is 0 Å². The van der Waals surface area contributed by atoms with Crippen LogP contribution in [0.5, 0.6) is 5.75 Å². The maximum absolute atomic E-state index is 5.74. The summed E-state index contributed by atoms with van der Waals surface area (Å²) in [5.74, 6) is 0.884. The zero-order chi connectivity index (χ0) is 11.5. The van der Waals surface area contributed by atoms with Crippen LogP contribution in [0.25, 0.3) is 0 Å². The maximum atomic E-state index is 5.74. The molecule has 0 spiro atoms. The van der Waals surface area contributed by atoms with Gasteiger partial charge in [-0.05, 0) is 58.1 Å². The van der Waals surface area contributed by atoms with Crippen molar-refractivity contribution in [2.24, 2.45) is 0 Å². The van der Waals surface area contributed by atoms with Crippen molar-refractivity contribution in [1.82, 2.24) is 0 Å². The Morgan fingerprint density at radius 1 is 1.38 bits per heavy atom. The molecule has 0 aliphatic heterocycles. The van der Waals surface area contributed by atoms with Crippen LogP contribution in [0.3, 0.4) is 0 Å². The number of anilines is 1. The van der Waals surface area contributed by atoms with E-state index in [9.17, 15) is 0 Å². The Labute approximate surface area is 107 Å². The van der Waals surface area contributed by atoms with Gasteiger partial charge in [0.25, 0.3) is 0 Å². The first-order valence-electron chi connectivity index (χ1n) is 4.87. The van der Waals surface area contributed by atoms with Gasteiger partial charge in [0.05, 0.1) is 4.88 Å². The molecular weight excluding hydrogens is 286 g/mol. The first-order chi connectivity index (χ1) is 7.66. The molecule has 1 aromatic carbocycles. The van der Waals surface area contributed by atoms with Gasteiger partial charge in [0.15, 0.2) is 0 Å². The van der Waals surface area contributed by atoms with Gasteiger partial charge < -0.3 is 10.5 Å². The monoisotopic (exact) mass is 297 g/mol. The maximum Gasteiger partial charge on any atom is 0.124 e. The first kappa shape index (κ1) is 11.5. The summed E-state index contributed by atoms with van der Waals surface area (Å²) in [6.45, 7) is 2.58. The number of halogens is 1. The second kappa shape index (κ2) is 4.89. The Morgan fingerprint density at radius 3 is 2.81 bits per heavy atom. The minimum atomic E-state index is 0.586. The van der Waals surface area contributed by atoms with Gasteiger partial charge in [0.2, 0.25) is 0 Å². The van der Waals surface area contributed by atoms with E-state index in [1.165, 1.54) is 4.88 Å². The van der Waals surface area contributed by atoms with Gasteiger partial charge in [0, 0.05) is 10.2 Å². The van der Waals surface area contributed by atoms with Gasteiger partial charge in [-0.3, -0.25) is 0 Å². The van der Waals surface area contributed by atoms with Gasteiger partial charge in [-0.1, -0.05) is 0 Å². The third kappa shape index (κ3) is 2.57. The summed E-state index contributed by atoms with van der Waals surface area (Å²) in [6, 6.07) is 7.70. The predicted octanol–water partition coefficient (Wildman–Crippen LogP) is 3.98. The fourth-order valence-electron chi connectivity index (χ4n) is 1.41. The lowest BCUT2D eigenvalue weighted by atomic mass is 10.2. The number of nitrogen functional groups attached to an aromatic ring is 1. The topological polar surface area (TPSA) is 35.2 Å². The summed E-state index contributed by atoms with van der Waals surface area (Å²) in [4.78, 5) is 1.19. The summed E-state index contributed by atoms with van der Waals surface area (Å²) >= 11 is 5.16. The highest BCUT2D eigenvalue weighted by Crippen LogP contribution is 2.26. The fourth-order valence-corrected chi connectivity index (χ4v) is 2.78. The zero-order valence-electron chi connectivity index (χ0n) is 8.87. The SMILES string of the molecule is Cc1cc(N)ccc1OCc1sccc1Br. The van der Waals surface area contributed by atoms with Crippen LogP contribution >= 0.6 is 27.3 Å². The largest absolute Gasteiger partial charge is 0.488 e. The van der Waals surface area contributed by atoms with Gasteiger partial charge in [-0.15, -0.1) is 11.3 Å². The van der Waals surface area contributed by atoms with Crippen LogP contribution in [0.2, 0.25) is 0 Å². The number of benzene rings is 1. The Balaban J connectivity index is 2.08. The lowest BCUT2D eigenvalue weighted by Gasteiger charge is -2.08. The van der Waals surface area contributed by atoms with E-state index in [2.05, 4.69) is 15.9 Å². The summed E-state index contributed by atoms with van der Waals surface area (Å²) in [7, 11) is 0. The predicted molar refractivity (Wildman–Crippen MR) is 71.9 cm³/mol. The number of hydrogen-bond donors (Lipinski definition) is 1. The van der Waals surface area contributed by atoms with Crippen molar-refractivity contribution in [1.29, 1.82) is 0 Å². The fraction of sp³-hybridized carbons (Fsp3) is 0.167. The van der Waals surface area contributed by atoms with Gasteiger partial charge in [-0.25, -0.2) is 0 Å². The van der Waals surface area contributed by atoms with Crippen LogP contribution in [-0.4, -0.2) is 0 Å². The molecule has 1 aromatic heterocycles. The lowest BCUT2D eigenvalue weighted by molar-refractivity contribution is 0.307. The van der Waals surface area contributed by atoms with Crippen LogP contribution in [0.1, 0.15) is 10.4 Å². The van der Waals surface area contributed by atoms with Crippen molar-refractivity contribution < 1.29 is 4.74 Å². The van der Waals surface area contributed by atoms with Gasteiger partial charge in [0.1, 0.15) is 12.4 Å². The first-order valence-corrected chi connectivity index (χ1v) is 6.55. The van der Waals surface area contributed by atoms with Crippen molar-refractivity contribution in [2.45, 2.75) is 13.5 Å². The van der Waals surface area contributed by atoms with E-state index in [0.29, 0.717) is 6.61 Å². The summed E-state index contributed by atoms with van der Waals surface area (Å²) in [5, 5.41) is 2.04. The molecular formula is C12H12BrNOS. The minimum absolute atomic E-state index is 0.586. The molecule has 0 fully saturated rings. The van der Waals surface area contributed by atoms with Crippen LogP contribution in [0, 0.1) is 6.92 Å². The third-order valence-corrected chi connectivity index (χ3v) is 4.15. The van der Waals surface area contributed by atoms with E-state index in [0.717, 1.165) is 21.5 Å². The summed E-state index contributed by atoms with van der Waals surface area (Å²) in [5.41, 5.74) is 7.51. The summed E-state index contributed by atoms with van der Waals surface area (Å²) < 4.78 is 6.84. The molecule has 0 saturated heterocycles. The van der Waals surface area contributed by atoms with Gasteiger partial charge in [-0.2, -0.15) is 0 Å². The standard InChI is InChI=1S/C12H12BrNOS/c1-8-6-9(14)2-3-11(8)15-7-12-10(13)4-5-16-12/h2-6H,7,14H2,1H3. The number of thiophene rings is 1. The molecule has 2 nitrogen and oxygen atoms in total. The molecule has 16 heavy (non-hydrogen) atoms. The molecule has 0 aliphatic carbocycles.